The van der Waals surface area contributed by atoms with Crippen molar-refractivity contribution in [2.24, 2.45) is 0 Å². The van der Waals surface area contributed by atoms with Gasteiger partial charge in [0.1, 0.15) is 6.61 Å². The molecular formula is C14H9BrCl2F2O. The highest BCUT2D eigenvalue weighted by atomic mass is 79.9. The van der Waals surface area contributed by atoms with E-state index in [1.54, 1.807) is 18.2 Å². The smallest absolute Gasteiger partial charge is 0.191 e. The second-order valence-electron chi connectivity index (χ2n) is 4.05. The largest absolute Gasteiger partial charge is 0.483 e. The Balaban J connectivity index is 2.19. The van der Waals surface area contributed by atoms with Crippen molar-refractivity contribution in [3.63, 3.8) is 0 Å². The van der Waals surface area contributed by atoms with Crippen LogP contribution in [0.25, 0.3) is 0 Å². The van der Waals surface area contributed by atoms with Crippen molar-refractivity contribution in [3.05, 3.63) is 63.1 Å². The van der Waals surface area contributed by atoms with Crippen molar-refractivity contribution < 1.29 is 13.5 Å². The topological polar surface area (TPSA) is 9.23 Å². The monoisotopic (exact) mass is 380 g/mol. The molecule has 0 aliphatic carbocycles. The van der Waals surface area contributed by atoms with Gasteiger partial charge in [-0.15, -0.1) is 0 Å². The fourth-order valence-corrected chi connectivity index (χ4v) is 2.40. The van der Waals surface area contributed by atoms with E-state index in [1.807, 2.05) is 0 Å². The molecule has 2 aromatic rings. The highest BCUT2D eigenvalue weighted by Crippen LogP contribution is 2.27. The van der Waals surface area contributed by atoms with E-state index in [4.69, 9.17) is 27.9 Å². The lowest BCUT2D eigenvalue weighted by molar-refractivity contribution is 0.274. The zero-order valence-electron chi connectivity index (χ0n) is 10.1. The number of ether oxygens (including phenoxy) is 1. The van der Waals surface area contributed by atoms with E-state index < -0.39 is 17.4 Å². The summed E-state index contributed by atoms with van der Waals surface area (Å²) in [7, 11) is 0. The average molecular weight is 382 g/mol. The van der Waals surface area contributed by atoms with Gasteiger partial charge < -0.3 is 4.74 Å². The first kappa shape index (κ1) is 15.5. The van der Waals surface area contributed by atoms with Gasteiger partial charge in [-0.2, -0.15) is 0 Å². The molecular weight excluding hydrogens is 373 g/mol. The molecule has 0 bridgehead atoms. The zero-order chi connectivity index (χ0) is 14.7. The molecule has 2 aromatic carbocycles. The van der Waals surface area contributed by atoms with Crippen LogP contribution in [0.3, 0.4) is 0 Å². The lowest BCUT2D eigenvalue weighted by Gasteiger charge is -2.10. The molecule has 0 aromatic heterocycles. The third-order valence-electron chi connectivity index (χ3n) is 2.60. The van der Waals surface area contributed by atoms with Crippen molar-refractivity contribution in [2.75, 3.05) is 0 Å². The Morgan fingerprint density at radius 3 is 2.25 bits per heavy atom. The maximum atomic E-state index is 13.7. The van der Waals surface area contributed by atoms with Crippen molar-refractivity contribution in [3.8, 4) is 5.75 Å². The van der Waals surface area contributed by atoms with Gasteiger partial charge in [0.2, 0.25) is 0 Å². The standard InChI is InChI=1S/C14H9BrCl2F2O/c15-6-8-3-12(18)14(13(19)4-8)20-7-9-1-2-10(16)5-11(9)17/h1-5H,6-7H2. The second kappa shape index (κ2) is 6.74. The lowest BCUT2D eigenvalue weighted by atomic mass is 10.2. The molecule has 0 aliphatic heterocycles. The van der Waals surface area contributed by atoms with Crippen molar-refractivity contribution in [1.29, 1.82) is 0 Å². The first-order valence-corrected chi connectivity index (χ1v) is 7.49. The summed E-state index contributed by atoms with van der Waals surface area (Å²) in [5.74, 6) is -1.91. The molecule has 0 aliphatic rings. The number of hydrogen-bond donors (Lipinski definition) is 0. The van der Waals surface area contributed by atoms with E-state index in [-0.39, 0.29) is 6.61 Å². The van der Waals surface area contributed by atoms with Crippen LogP contribution in [0.2, 0.25) is 10.0 Å². The Labute approximate surface area is 133 Å². The zero-order valence-corrected chi connectivity index (χ0v) is 13.2. The average Bonchev–Trinajstić information content (AvgIpc) is 2.39. The third-order valence-corrected chi connectivity index (χ3v) is 3.83. The first-order chi connectivity index (χ1) is 9.51. The van der Waals surface area contributed by atoms with Crippen LogP contribution in [0, 0.1) is 11.6 Å². The van der Waals surface area contributed by atoms with E-state index in [0.717, 1.165) is 0 Å². The van der Waals surface area contributed by atoms with Crippen molar-refractivity contribution in [1.82, 2.24) is 0 Å². The fraction of sp³-hybridized carbons (Fsp3) is 0.143. The van der Waals surface area contributed by atoms with E-state index in [2.05, 4.69) is 15.9 Å². The Bertz CT molecular complexity index is 612. The molecule has 0 fully saturated rings. The molecule has 0 unspecified atom stereocenters. The Hall–Kier alpha value is -0.840. The van der Waals surface area contributed by atoms with Gasteiger partial charge >= 0.3 is 0 Å². The summed E-state index contributed by atoms with van der Waals surface area (Å²) in [6, 6.07) is 7.26. The number of benzene rings is 2. The van der Waals surface area contributed by atoms with Crippen LogP contribution in [0.1, 0.15) is 11.1 Å². The van der Waals surface area contributed by atoms with Crippen LogP contribution < -0.4 is 4.74 Å². The minimum absolute atomic E-state index is 0.0441. The van der Waals surface area contributed by atoms with Gasteiger partial charge in [0.25, 0.3) is 0 Å². The Morgan fingerprint density at radius 2 is 1.70 bits per heavy atom. The van der Waals surface area contributed by atoms with Crippen molar-refractivity contribution >= 4 is 39.1 Å². The number of hydrogen-bond acceptors (Lipinski definition) is 1. The molecule has 106 valence electrons. The Morgan fingerprint density at radius 1 is 1.05 bits per heavy atom. The number of halogens is 5. The van der Waals surface area contributed by atoms with E-state index in [9.17, 15) is 8.78 Å². The highest BCUT2D eigenvalue weighted by molar-refractivity contribution is 9.08. The van der Waals surface area contributed by atoms with Crippen LogP contribution in [0.4, 0.5) is 8.78 Å². The third kappa shape index (κ3) is 3.62. The van der Waals surface area contributed by atoms with E-state index >= 15 is 0 Å². The van der Waals surface area contributed by atoms with Gasteiger partial charge in [-0.25, -0.2) is 8.78 Å². The summed E-state index contributed by atoms with van der Waals surface area (Å²) in [5, 5.41) is 1.23. The predicted molar refractivity (Wildman–Crippen MR) is 79.8 cm³/mol. The Kier molecular flexibility index (Phi) is 5.24. The lowest BCUT2D eigenvalue weighted by Crippen LogP contribution is -2.01. The summed E-state index contributed by atoms with van der Waals surface area (Å²) in [6.45, 7) is -0.0441. The van der Waals surface area contributed by atoms with E-state index in [0.29, 0.717) is 26.5 Å². The minimum atomic E-state index is -0.746. The minimum Gasteiger partial charge on any atom is -0.483 e. The molecule has 0 amide bonds. The molecule has 0 radical (unpaired) electrons. The number of alkyl halides is 1. The van der Waals surface area contributed by atoms with Crippen LogP contribution in [-0.2, 0) is 11.9 Å². The summed E-state index contributed by atoms with van der Waals surface area (Å²) in [5.41, 5.74) is 1.09. The normalized spacial score (nSPS) is 10.7. The van der Waals surface area contributed by atoms with Gasteiger partial charge in [-0.05, 0) is 29.8 Å². The fourth-order valence-electron chi connectivity index (χ4n) is 1.62. The molecule has 1 nitrogen and oxygen atoms in total. The second-order valence-corrected chi connectivity index (χ2v) is 5.45. The van der Waals surface area contributed by atoms with Gasteiger partial charge in [-0.1, -0.05) is 45.2 Å². The highest BCUT2D eigenvalue weighted by Gasteiger charge is 2.13. The van der Waals surface area contributed by atoms with Crippen LogP contribution >= 0.6 is 39.1 Å². The molecule has 6 heteroatoms. The summed E-state index contributed by atoms with van der Waals surface area (Å²) in [6.07, 6.45) is 0. The van der Waals surface area contributed by atoms with E-state index in [1.165, 1.54) is 12.1 Å². The van der Waals surface area contributed by atoms with Gasteiger partial charge in [0.05, 0.1) is 0 Å². The molecule has 20 heavy (non-hydrogen) atoms. The van der Waals surface area contributed by atoms with Gasteiger partial charge in [0, 0.05) is 20.9 Å². The molecule has 0 N–H and O–H groups in total. The summed E-state index contributed by atoms with van der Waals surface area (Å²) in [4.78, 5) is 0. The van der Waals surface area contributed by atoms with Crippen LogP contribution in [-0.4, -0.2) is 0 Å². The number of rotatable bonds is 4. The predicted octanol–water partition coefficient (Wildman–Crippen LogP) is 5.75. The van der Waals surface area contributed by atoms with Crippen LogP contribution in [0.5, 0.6) is 5.75 Å². The molecule has 0 atom stereocenters. The SMILES string of the molecule is Fc1cc(CBr)cc(F)c1OCc1ccc(Cl)cc1Cl. The van der Waals surface area contributed by atoms with Gasteiger partial charge in [0.15, 0.2) is 17.4 Å². The summed E-state index contributed by atoms with van der Waals surface area (Å²) < 4.78 is 32.6. The summed E-state index contributed by atoms with van der Waals surface area (Å²) >= 11 is 14.9. The molecule has 0 saturated heterocycles. The van der Waals surface area contributed by atoms with Crippen molar-refractivity contribution in [2.45, 2.75) is 11.9 Å². The van der Waals surface area contributed by atoms with Gasteiger partial charge in [-0.3, -0.25) is 0 Å². The molecule has 0 heterocycles. The maximum Gasteiger partial charge on any atom is 0.191 e. The maximum absolute atomic E-state index is 13.7. The molecule has 2 rings (SSSR count). The van der Waals surface area contributed by atoms with Crippen LogP contribution in [0.15, 0.2) is 30.3 Å². The first-order valence-electron chi connectivity index (χ1n) is 5.62. The quantitative estimate of drug-likeness (QED) is 0.613. The molecule has 0 saturated carbocycles. The molecule has 0 spiro atoms.